The number of hydrogen-bond acceptors (Lipinski definition) is 3. The molecule has 22 heavy (non-hydrogen) atoms. The van der Waals surface area contributed by atoms with Crippen LogP contribution in [-0.4, -0.2) is 18.1 Å². The van der Waals surface area contributed by atoms with Crippen LogP contribution < -0.4 is 0 Å². The molecule has 1 aromatic carbocycles. The smallest absolute Gasteiger partial charge is 0.340 e. The summed E-state index contributed by atoms with van der Waals surface area (Å²) < 4.78 is 18.1. The second-order valence-electron chi connectivity index (χ2n) is 3.99. The molecule has 0 aliphatic rings. The number of hydrogen-bond donors (Lipinski definition) is 0. The molecule has 0 unspecified atom stereocenters. The summed E-state index contributed by atoms with van der Waals surface area (Å²) in [6.45, 7) is 0. The molecule has 0 spiro atoms. The van der Waals surface area contributed by atoms with Gasteiger partial charge in [0.25, 0.3) is 0 Å². The first kappa shape index (κ1) is 17.6. The lowest BCUT2D eigenvalue weighted by Gasteiger charge is -2.12. The van der Waals surface area contributed by atoms with Crippen molar-refractivity contribution in [2.45, 2.75) is 0 Å². The Morgan fingerprint density at radius 3 is 2.05 bits per heavy atom. The number of benzene rings is 1. The van der Waals surface area contributed by atoms with Crippen LogP contribution in [0.5, 0.6) is 0 Å². The van der Waals surface area contributed by atoms with Gasteiger partial charge in [0.15, 0.2) is 5.82 Å². The molecule has 0 bridgehead atoms. The molecular weight excluding hydrogens is 398 g/mol. The number of ether oxygens (including phenoxy) is 1. The van der Waals surface area contributed by atoms with Crippen LogP contribution in [-0.2, 0) is 4.74 Å². The van der Waals surface area contributed by atoms with Gasteiger partial charge in [-0.15, -0.1) is 0 Å². The number of pyridine rings is 1. The third-order valence-electron chi connectivity index (χ3n) is 2.73. The Morgan fingerprint density at radius 1 is 1.05 bits per heavy atom. The van der Waals surface area contributed by atoms with E-state index in [0.717, 1.165) is 19.4 Å². The first-order chi connectivity index (χ1) is 10.3. The molecule has 1 heterocycles. The predicted octanol–water partition coefficient (Wildman–Crippen LogP) is 5.94. The van der Waals surface area contributed by atoms with Gasteiger partial charge in [-0.1, -0.05) is 58.0 Å². The lowest BCUT2D eigenvalue weighted by Crippen LogP contribution is -2.06. The van der Waals surface area contributed by atoms with Crippen LogP contribution in [0.15, 0.2) is 12.3 Å². The normalized spacial score (nSPS) is 10.7. The lowest BCUT2D eigenvalue weighted by atomic mass is 10.1. The van der Waals surface area contributed by atoms with E-state index in [1.165, 1.54) is 0 Å². The van der Waals surface area contributed by atoms with Crippen LogP contribution in [0.25, 0.3) is 11.3 Å². The van der Waals surface area contributed by atoms with Crippen molar-refractivity contribution in [1.82, 2.24) is 4.98 Å². The molecule has 116 valence electrons. The maximum absolute atomic E-state index is 13.6. The summed E-state index contributed by atoms with van der Waals surface area (Å²) in [4.78, 5) is 15.4. The van der Waals surface area contributed by atoms with Crippen molar-refractivity contribution in [1.29, 1.82) is 0 Å². The fourth-order valence-electron chi connectivity index (χ4n) is 1.67. The number of carbonyl (C=O) groups is 1. The van der Waals surface area contributed by atoms with Gasteiger partial charge in [0.2, 0.25) is 0 Å². The Morgan fingerprint density at radius 2 is 1.55 bits per heavy atom. The molecule has 0 radical (unpaired) electrons. The SMILES string of the molecule is COC(=O)c1cc(-c2c(Cl)c(Cl)c(Cl)c(Cl)c2Cl)ncc1F. The van der Waals surface area contributed by atoms with Crippen LogP contribution in [0.3, 0.4) is 0 Å². The first-order valence-electron chi connectivity index (χ1n) is 5.55. The van der Waals surface area contributed by atoms with Crippen LogP contribution in [0.4, 0.5) is 4.39 Å². The largest absolute Gasteiger partial charge is 0.465 e. The predicted molar refractivity (Wildman–Crippen MR) is 86.0 cm³/mol. The van der Waals surface area contributed by atoms with Crippen LogP contribution in [0.2, 0.25) is 25.1 Å². The monoisotopic (exact) mass is 401 g/mol. The zero-order chi connectivity index (χ0) is 16.6. The first-order valence-corrected chi connectivity index (χ1v) is 7.44. The summed E-state index contributed by atoms with van der Waals surface area (Å²) >= 11 is 30.0. The Hall–Kier alpha value is -0.780. The third kappa shape index (κ3) is 2.99. The van der Waals surface area contributed by atoms with Gasteiger partial charge in [-0.25, -0.2) is 9.18 Å². The Balaban J connectivity index is 2.76. The summed E-state index contributed by atoms with van der Waals surface area (Å²) in [5.41, 5.74) is -0.105. The molecule has 0 aliphatic heterocycles. The van der Waals surface area contributed by atoms with Gasteiger partial charge < -0.3 is 4.74 Å². The minimum absolute atomic E-state index is 0.0163. The highest BCUT2D eigenvalue weighted by Gasteiger charge is 2.23. The van der Waals surface area contributed by atoms with Gasteiger partial charge in [-0.2, -0.15) is 0 Å². The topological polar surface area (TPSA) is 39.2 Å². The van der Waals surface area contributed by atoms with Crippen LogP contribution in [0.1, 0.15) is 10.4 Å². The van der Waals surface area contributed by atoms with E-state index in [4.69, 9.17) is 58.0 Å². The van der Waals surface area contributed by atoms with Crippen molar-refractivity contribution in [2.24, 2.45) is 0 Å². The van der Waals surface area contributed by atoms with E-state index in [9.17, 15) is 9.18 Å². The molecule has 9 heteroatoms. The van der Waals surface area contributed by atoms with Gasteiger partial charge in [-0.3, -0.25) is 4.98 Å². The second-order valence-corrected chi connectivity index (χ2v) is 5.88. The number of nitrogens with zero attached hydrogens (tertiary/aromatic N) is 1. The number of halogens is 6. The highest BCUT2D eigenvalue weighted by molar-refractivity contribution is 6.56. The Kier molecular flexibility index (Phi) is 5.41. The van der Waals surface area contributed by atoms with E-state index < -0.39 is 11.8 Å². The van der Waals surface area contributed by atoms with Gasteiger partial charge >= 0.3 is 5.97 Å². The second kappa shape index (κ2) is 6.77. The average Bonchev–Trinajstić information content (AvgIpc) is 2.52. The quantitative estimate of drug-likeness (QED) is 0.354. The van der Waals surface area contributed by atoms with Gasteiger partial charge in [0.1, 0.15) is 0 Å². The zero-order valence-corrected chi connectivity index (χ0v) is 14.5. The fourth-order valence-corrected chi connectivity index (χ4v) is 3.00. The van der Waals surface area contributed by atoms with Crippen molar-refractivity contribution in [3.05, 3.63) is 48.8 Å². The summed E-state index contributed by atoms with van der Waals surface area (Å²) in [7, 11) is 1.12. The van der Waals surface area contributed by atoms with Crippen LogP contribution >= 0.6 is 58.0 Å². The molecule has 0 N–H and O–H groups in total. The molecule has 0 atom stereocenters. The van der Waals surface area contributed by atoms with Crippen LogP contribution in [0, 0.1) is 5.82 Å². The van der Waals surface area contributed by atoms with Gasteiger partial charge in [0.05, 0.1) is 49.7 Å². The lowest BCUT2D eigenvalue weighted by molar-refractivity contribution is 0.0595. The highest BCUT2D eigenvalue weighted by atomic mass is 35.5. The fraction of sp³-hybridized carbons (Fsp3) is 0.0769. The molecule has 2 aromatic rings. The van der Waals surface area contributed by atoms with Crippen molar-refractivity contribution >= 4 is 64.0 Å². The van der Waals surface area contributed by atoms with E-state index >= 15 is 0 Å². The summed E-state index contributed by atoms with van der Waals surface area (Å²) in [5, 5.41) is -0.110. The van der Waals surface area contributed by atoms with E-state index in [-0.39, 0.29) is 41.9 Å². The maximum atomic E-state index is 13.6. The summed E-state index contributed by atoms with van der Waals surface area (Å²) in [5.74, 6) is -1.73. The minimum atomic E-state index is -0.875. The van der Waals surface area contributed by atoms with E-state index in [1.807, 2.05) is 0 Å². The Labute approximate surface area is 149 Å². The van der Waals surface area contributed by atoms with Crippen molar-refractivity contribution in [3.63, 3.8) is 0 Å². The van der Waals surface area contributed by atoms with Gasteiger partial charge in [-0.05, 0) is 6.07 Å². The molecule has 3 nitrogen and oxygen atoms in total. The molecular formula is C13H5Cl5FNO2. The van der Waals surface area contributed by atoms with Crippen molar-refractivity contribution in [3.8, 4) is 11.3 Å². The standard InChI is InChI=1S/C13H5Cl5FNO2/c1-22-13(21)4-2-6(20-3-5(4)19)7-8(14)10(16)12(18)11(17)9(7)15/h2-3H,1H3. The molecule has 2 rings (SSSR count). The van der Waals surface area contributed by atoms with E-state index in [0.29, 0.717) is 0 Å². The third-order valence-corrected chi connectivity index (χ3v) is 5.00. The summed E-state index contributed by atoms with van der Waals surface area (Å²) in [6.07, 6.45) is 0.838. The maximum Gasteiger partial charge on any atom is 0.340 e. The number of rotatable bonds is 2. The number of aromatic nitrogens is 1. The minimum Gasteiger partial charge on any atom is -0.465 e. The average molecular weight is 403 g/mol. The van der Waals surface area contributed by atoms with Crippen molar-refractivity contribution < 1.29 is 13.9 Å². The van der Waals surface area contributed by atoms with Gasteiger partial charge in [0, 0.05) is 5.56 Å². The van der Waals surface area contributed by atoms with Crippen molar-refractivity contribution in [2.75, 3.05) is 7.11 Å². The molecule has 0 aliphatic carbocycles. The van der Waals surface area contributed by atoms with E-state index in [1.54, 1.807) is 0 Å². The number of esters is 1. The molecule has 1 aromatic heterocycles. The molecule has 0 amide bonds. The molecule has 0 saturated carbocycles. The molecule has 0 saturated heterocycles. The highest BCUT2D eigenvalue weighted by Crippen LogP contribution is 2.47. The molecule has 0 fully saturated rings. The Bertz CT molecular complexity index is 753. The zero-order valence-electron chi connectivity index (χ0n) is 10.7. The number of carbonyl (C=O) groups excluding carboxylic acids is 1. The summed E-state index contributed by atoms with van der Waals surface area (Å²) in [6, 6.07) is 1.13. The van der Waals surface area contributed by atoms with E-state index in [2.05, 4.69) is 9.72 Å². The number of methoxy groups -OCH3 is 1.